The minimum atomic E-state index is -2.03. The van der Waals surface area contributed by atoms with Crippen molar-refractivity contribution in [2.24, 2.45) is 17.8 Å². The van der Waals surface area contributed by atoms with Gasteiger partial charge in [-0.05, 0) is 36.5 Å². The van der Waals surface area contributed by atoms with Crippen LogP contribution in [0.5, 0.6) is 0 Å². The maximum Gasteiger partial charge on any atom is 0.508 e. The Bertz CT molecular complexity index is 773. The monoisotopic (exact) mass is 490 g/mol. The predicted octanol–water partition coefficient (Wildman–Crippen LogP) is 7.37. The summed E-state index contributed by atoms with van der Waals surface area (Å²) in [6.45, 7) is 22.8. The summed E-state index contributed by atoms with van der Waals surface area (Å²) >= 11 is 0. The van der Waals surface area contributed by atoms with Crippen molar-refractivity contribution in [2.45, 2.75) is 97.4 Å². The molecule has 0 unspecified atom stereocenters. The molecule has 0 radical (unpaired) electrons. The van der Waals surface area contributed by atoms with Gasteiger partial charge in [-0.25, -0.2) is 4.79 Å². The molecule has 5 nitrogen and oxygen atoms in total. The summed E-state index contributed by atoms with van der Waals surface area (Å²) in [5.41, 5.74) is 1.18. The maximum absolute atomic E-state index is 12.3. The van der Waals surface area contributed by atoms with Crippen molar-refractivity contribution >= 4 is 14.5 Å². The molecule has 1 aromatic carbocycles. The predicted molar refractivity (Wildman–Crippen MR) is 140 cm³/mol. The van der Waals surface area contributed by atoms with E-state index in [0.29, 0.717) is 13.2 Å². The first-order valence-electron chi connectivity index (χ1n) is 12.7. The highest BCUT2D eigenvalue weighted by Gasteiger charge is 2.46. The molecule has 0 N–H and O–H groups in total. The number of carbonyl (C=O) groups is 1. The van der Waals surface area contributed by atoms with Crippen LogP contribution >= 0.6 is 0 Å². The van der Waals surface area contributed by atoms with E-state index in [1.54, 1.807) is 0 Å². The molecule has 6 atom stereocenters. The van der Waals surface area contributed by atoms with Crippen molar-refractivity contribution in [2.75, 3.05) is 6.61 Å². The molecule has 0 aliphatic carbocycles. The molecule has 0 spiro atoms. The average Bonchev–Trinajstić information content (AvgIpc) is 2.78. The summed E-state index contributed by atoms with van der Waals surface area (Å²) in [5, 5.41) is 0.0899. The highest BCUT2D eigenvalue weighted by atomic mass is 28.4. The lowest BCUT2D eigenvalue weighted by Gasteiger charge is -2.45. The van der Waals surface area contributed by atoms with Crippen molar-refractivity contribution < 1.29 is 23.4 Å². The topological polar surface area (TPSA) is 54.0 Å². The van der Waals surface area contributed by atoms with E-state index in [9.17, 15) is 4.79 Å². The molecule has 34 heavy (non-hydrogen) atoms. The Hall–Kier alpha value is -1.63. The molecule has 0 aromatic heterocycles. The number of cyclic esters (lactones) is 2. The van der Waals surface area contributed by atoms with Crippen molar-refractivity contribution in [1.82, 2.24) is 0 Å². The first kappa shape index (κ1) is 28.6. The van der Waals surface area contributed by atoms with E-state index in [0.717, 1.165) is 12.8 Å². The standard InChI is InChI=1S/C28H46O5Si/c1-10-20(2)25-22(4)26(32-27(29)31-25)21(3)24(33-34(8,9)28(5,6)7)17-14-18-30-19-23-15-12-11-13-16-23/h10-13,15-16,20-22,24-26H,1,14,17-19H2,2-9H3/t20-,21+,22-,24-,25-,26+/m1/s1. The van der Waals surface area contributed by atoms with Gasteiger partial charge in [0.1, 0.15) is 12.2 Å². The number of benzene rings is 1. The van der Waals surface area contributed by atoms with Gasteiger partial charge in [0.05, 0.1) is 12.7 Å². The number of hydrogen-bond donors (Lipinski definition) is 0. The van der Waals surface area contributed by atoms with Crippen molar-refractivity contribution in [3.05, 3.63) is 48.6 Å². The number of ether oxygens (including phenoxy) is 3. The summed E-state index contributed by atoms with van der Waals surface area (Å²) in [6, 6.07) is 10.2. The lowest BCUT2D eigenvalue weighted by atomic mass is 9.80. The van der Waals surface area contributed by atoms with Gasteiger partial charge in [0, 0.05) is 24.4 Å². The lowest BCUT2D eigenvalue weighted by Crippen LogP contribution is -2.52. The number of carbonyl (C=O) groups excluding carboxylic acids is 1. The van der Waals surface area contributed by atoms with Crippen LogP contribution in [0.4, 0.5) is 4.79 Å². The molecule has 1 aliphatic heterocycles. The van der Waals surface area contributed by atoms with E-state index >= 15 is 0 Å². The third-order valence-corrected chi connectivity index (χ3v) is 12.1. The Labute approximate surface area is 208 Å². The molecule has 1 saturated heterocycles. The fourth-order valence-electron chi connectivity index (χ4n) is 4.30. The van der Waals surface area contributed by atoms with Crippen LogP contribution in [0, 0.1) is 17.8 Å². The summed E-state index contributed by atoms with van der Waals surface area (Å²) in [6.07, 6.45) is 2.45. The molecule has 0 bridgehead atoms. The van der Waals surface area contributed by atoms with Gasteiger partial charge in [0.2, 0.25) is 0 Å². The summed E-state index contributed by atoms with van der Waals surface area (Å²) < 4.78 is 24.1. The van der Waals surface area contributed by atoms with Crippen LogP contribution in [0.1, 0.15) is 59.9 Å². The molecule has 2 rings (SSSR count). The van der Waals surface area contributed by atoms with Crippen molar-refractivity contribution in [3.63, 3.8) is 0 Å². The molecule has 1 aliphatic rings. The molecule has 6 heteroatoms. The van der Waals surface area contributed by atoms with E-state index in [-0.39, 0.29) is 41.1 Å². The first-order valence-corrected chi connectivity index (χ1v) is 15.6. The highest BCUT2D eigenvalue weighted by molar-refractivity contribution is 6.74. The van der Waals surface area contributed by atoms with Crippen LogP contribution < -0.4 is 0 Å². The largest absolute Gasteiger partial charge is 0.508 e. The van der Waals surface area contributed by atoms with Gasteiger partial charge >= 0.3 is 6.16 Å². The average molecular weight is 491 g/mol. The van der Waals surface area contributed by atoms with Crippen LogP contribution in [-0.2, 0) is 25.2 Å². The third-order valence-electron chi connectivity index (χ3n) is 7.64. The van der Waals surface area contributed by atoms with Crippen molar-refractivity contribution in [1.29, 1.82) is 0 Å². The summed E-state index contributed by atoms with van der Waals surface area (Å²) in [4.78, 5) is 12.3. The third kappa shape index (κ3) is 7.69. The minimum Gasteiger partial charge on any atom is -0.430 e. The second kappa shape index (κ2) is 12.4. The van der Waals surface area contributed by atoms with E-state index in [1.165, 1.54) is 5.56 Å². The molecule has 0 saturated carbocycles. The first-order chi connectivity index (χ1) is 15.9. The van der Waals surface area contributed by atoms with E-state index in [4.69, 9.17) is 18.6 Å². The van der Waals surface area contributed by atoms with Gasteiger partial charge in [0.25, 0.3) is 0 Å². The normalized spacial score (nSPS) is 24.0. The van der Waals surface area contributed by atoms with E-state index < -0.39 is 14.5 Å². The quantitative estimate of drug-likeness (QED) is 0.132. The van der Waals surface area contributed by atoms with E-state index in [1.807, 2.05) is 31.2 Å². The second-order valence-electron chi connectivity index (χ2n) is 11.3. The van der Waals surface area contributed by atoms with Crippen LogP contribution in [0.2, 0.25) is 18.1 Å². The Morgan fingerprint density at radius 1 is 1.12 bits per heavy atom. The fraction of sp³-hybridized carbons (Fsp3) is 0.679. The van der Waals surface area contributed by atoms with Gasteiger partial charge in [0.15, 0.2) is 8.32 Å². The Kier molecular flexibility index (Phi) is 10.4. The Balaban J connectivity index is 2.10. The fourth-order valence-corrected chi connectivity index (χ4v) is 5.75. The number of hydrogen-bond acceptors (Lipinski definition) is 5. The van der Waals surface area contributed by atoms with Gasteiger partial charge in [-0.15, -0.1) is 6.58 Å². The number of rotatable bonds is 12. The van der Waals surface area contributed by atoms with Gasteiger partial charge in [-0.1, -0.05) is 78.0 Å². The van der Waals surface area contributed by atoms with Crippen LogP contribution in [0.3, 0.4) is 0 Å². The lowest BCUT2D eigenvalue weighted by molar-refractivity contribution is -0.133. The molecule has 192 valence electrons. The zero-order valence-corrected chi connectivity index (χ0v) is 23.5. The smallest absolute Gasteiger partial charge is 0.430 e. The zero-order chi connectivity index (χ0) is 25.5. The molecular formula is C28H46O5Si. The van der Waals surface area contributed by atoms with Gasteiger partial charge in [-0.3, -0.25) is 0 Å². The van der Waals surface area contributed by atoms with E-state index in [2.05, 4.69) is 66.4 Å². The Morgan fingerprint density at radius 3 is 2.32 bits per heavy atom. The second-order valence-corrected chi connectivity index (χ2v) is 16.1. The zero-order valence-electron chi connectivity index (χ0n) is 22.5. The van der Waals surface area contributed by atoms with Crippen molar-refractivity contribution in [3.8, 4) is 0 Å². The van der Waals surface area contributed by atoms with Gasteiger partial charge in [-0.2, -0.15) is 0 Å². The summed E-state index contributed by atoms with van der Waals surface area (Å²) in [5.74, 6) is 0.134. The van der Waals surface area contributed by atoms with Crippen LogP contribution in [0.25, 0.3) is 0 Å². The van der Waals surface area contributed by atoms with Crippen LogP contribution in [0.15, 0.2) is 43.0 Å². The van der Waals surface area contributed by atoms with Crippen LogP contribution in [-0.4, -0.2) is 39.4 Å². The molecule has 1 fully saturated rings. The molecule has 1 aromatic rings. The molecule has 1 heterocycles. The maximum atomic E-state index is 12.3. The highest BCUT2D eigenvalue weighted by Crippen LogP contribution is 2.41. The Morgan fingerprint density at radius 2 is 1.74 bits per heavy atom. The minimum absolute atomic E-state index is 0.0285. The molecule has 0 amide bonds. The van der Waals surface area contributed by atoms with Gasteiger partial charge < -0.3 is 18.6 Å². The SMILES string of the molecule is C=C[C@@H](C)[C@H]1OC(=O)O[C@@H]([C@@H](C)[C@@H](CCCOCc2ccccc2)O[Si](C)(C)C(C)(C)C)[C@@H]1C. The summed E-state index contributed by atoms with van der Waals surface area (Å²) in [7, 11) is -2.03. The molecular weight excluding hydrogens is 444 g/mol.